The van der Waals surface area contributed by atoms with Crippen molar-refractivity contribution in [1.82, 2.24) is 14.8 Å². The molecule has 0 saturated carbocycles. The molecule has 2 heterocycles. The van der Waals surface area contributed by atoms with Crippen molar-refractivity contribution >= 4 is 21.7 Å². The quantitative estimate of drug-likeness (QED) is 0.253. The van der Waals surface area contributed by atoms with Gasteiger partial charge in [-0.05, 0) is 76.4 Å². The number of carbonyl (C=O) groups is 2. The third-order valence-electron chi connectivity index (χ3n) is 7.35. The molecule has 44 heavy (non-hydrogen) atoms. The van der Waals surface area contributed by atoms with Crippen molar-refractivity contribution in [3.8, 4) is 11.1 Å². The molecule has 0 spiro atoms. The van der Waals surface area contributed by atoms with Gasteiger partial charge >= 0.3 is 0 Å². The Kier molecular flexibility index (Phi) is 8.96. The second-order valence-corrected chi connectivity index (χ2v) is 12.5. The van der Waals surface area contributed by atoms with Crippen LogP contribution in [0.15, 0.2) is 96.7 Å². The molecule has 1 aliphatic heterocycles. The van der Waals surface area contributed by atoms with Crippen molar-refractivity contribution in [3.63, 3.8) is 0 Å². The number of amides is 2. The van der Waals surface area contributed by atoms with E-state index in [2.05, 4.69) is 4.98 Å². The SMILES string of the molecule is CN(Cc1ccncc1)C(=O)c1ccc(CN(C(=O)Cc2ccc(-c3ccc(F)c(F)c3)cc2F)C2C=CS(=O)(=O)C2)cc1. The highest BCUT2D eigenvalue weighted by Gasteiger charge is 2.31. The van der Waals surface area contributed by atoms with Crippen LogP contribution < -0.4 is 0 Å². The highest BCUT2D eigenvalue weighted by molar-refractivity contribution is 7.94. The highest BCUT2D eigenvalue weighted by atomic mass is 32.2. The van der Waals surface area contributed by atoms with Gasteiger partial charge in [-0.2, -0.15) is 0 Å². The Hall–Kier alpha value is -4.77. The molecule has 3 aromatic carbocycles. The van der Waals surface area contributed by atoms with Crippen molar-refractivity contribution in [3.05, 3.63) is 136 Å². The highest BCUT2D eigenvalue weighted by Crippen LogP contribution is 2.25. The molecule has 0 aliphatic carbocycles. The van der Waals surface area contributed by atoms with E-state index in [-0.39, 0.29) is 35.8 Å². The standard InChI is InChI=1S/C33H28F3N3O4S/c1-38(19-23-10-13-37-14-11-23)33(41)24-4-2-22(3-5-24)20-39(28-12-15-44(42,43)21-28)32(40)18-27-7-6-25(16-30(27)35)26-8-9-29(34)31(36)17-26/h2-17,28H,18-21H2,1H3. The van der Waals surface area contributed by atoms with E-state index >= 15 is 4.39 Å². The first-order valence-corrected chi connectivity index (χ1v) is 15.4. The van der Waals surface area contributed by atoms with Gasteiger partial charge in [-0.25, -0.2) is 21.6 Å². The van der Waals surface area contributed by atoms with Crippen molar-refractivity contribution in [2.45, 2.75) is 25.6 Å². The Morgan fingerprint density at radius 2 is 1.45 bits per heavy atom. The fourth-order valence-electron chi connectivity index (χ4n) is 4.96. The number of hydrogen-bond donors (Lipinski definition) is 0. The summed E-state index contributed by atoms with van der Waals surface area (Å²) in [5, 5.41) is 1.07. The molecule has 2 amide bonds. The van der Waals surface area contributed by atoms with Gasteiger partial charge in [0.05, 0.1) is 18.2 Å². The predicted molar refractivity (Wildman–Crippen MR) is 159 cm³/mol. The van der Waals surface area contributed by atoms with Gasteiger partial charge in [0.15, 0.2) is 21.5 Å². The Morgan fingerprint density at radius 1 is 0.818 bits per heavy atom. The van der Waals surface area contributed by atoms with Crippen molar-refractivity contribution in [1.29, 1.82) is 0 Å². The number of nitrogens with zero attached hydrogens (tertiary/aromatic N) is 3. The molecule has 7 nitrogen and oxygen atoms in total. The third-order valence-corrected chi connectivity index (χ3v) is 8.73. The Bertz CT molecular complexity index is 1830. The van der Waals surface area contributed by atoms with Crippen LogP contribution in [0.1, 0.15) is 27.0 Å². The van der Waals surface area contributed by atoms with Gasteiger partial charge < -0.3 is 9.80 Å². The number of aromatic nitrogens is 1. The van der Waals surface area contributed by atoms with E-state index in [0.717, 1.165) is 29.2 Å². The zero-order chi connectivity index (χ0) is 31.4. The monoisotopic (exact) mass is 619 g/mol. The molecule has 1 unspecified atom stereocenters. The first kappa shape index (κ1) is 30.7. The molecular formula is C33H28F3N3O4S. The van der Waals surface area contributed by atoms with E-state index in [1.165, 1.54) is 29.2 Å². The minimum atomic E-state index is -3.50. The average Bonchev–Trinajstić information content (AvgIpc) is 3.37. The van der Waals surface area contributed by atoms with Crippen molar-refractivity contribution in [2.24, 2.45) is 0 Å². The van der Waals surface area contributed by atoms with Crippen LogP contribution in [0.3, 0.4) is 0 Å². The minimum absolute atomic E-state index is 0.0270. The molecular weight excluding hydrogens is 591 g/mol. The van der Waals surface area contributed by atoms with E-state index < -0.39 is 39.2 Å². The minimum Gasteiger partial charge on any atom is -0.337 e. The summed E-state index contributed by atoms with van der Waals surface area (Å²) in [6.07, 6.45) is 4.38. The number of sulfone groups is 1. The van der Waals surface area contributed by atoms with Crippen LogP contribution in [0.5, 0.6) is 0 Å². The summed E-state index contributed by atoms with van der Waals surface area (Å²) < 4.78 is 66.5. The van der Waals surface area contributed by atoms with Crippen LogP contribution in [0.25, 0.3) is 11.1 Å². The lowest BCUT2D eigenvalue weighted by molar-refractivity contribution is -0.132. The lowest BCUT2D eigenvalue weighted by Crippen LogP contribution is -2.41. The zero-order valence-electron chi connectivity index (χ0n) is 23.7. The smallest absolute Gasteiger partial charge is 0.253 e. The van der Waals surface area contributed by atoms with E-state index in [1.807, 2.05) is 12.1 Å². The molecule has 1 atom stereocenters. The predicted octanol–water partition coefficient (Wildman–Crippen LogP) is 5.32. The first-order chi connectivity index (χ1) is 21.0. The molecule has 4 aromatic rings. The summed E-state index contributed by atoms with van der Waals surface area (Å²) in [6, 6.07) is 16.8. The third kappa shape index (κ3) is 7.23. The normalized spacial score (nSPS) is 15.2. The van der Waals surface area contributed by atoms with E-state index in [0.29, 0.717) is 23.2 Å². The van der Waals surface area contributed by atoms with Crippen LogP contribution in [-0.4, -0.2) is 53.9 Å². The summed E-state index contributed by atoms with van der Waals surface area (Å²) in [5.41, 5.74) is 2.66. The molecule has 0 bridgehead atoms. The molecule has 226 valence electrons. The van der Waals surface area contributed by atoms with Crippen molar-refractivity contribution < 1.29 is 31.2 Å². The molecule has 1 aromatic heterocycles. The van der Waals surface area contributed by atoms with Gasteiger partial charge in [-0.1, -0.05) is 30.3 Å². The van der Waals surface area contributed by atoms with E-state index in [4.69, 9.17) is 0 Å². The van der Waals surface area contributed by atoms with Crippen LogP contribution in [0.4, 0.5) is 13.2 Å². The van der Waals surface area contributed by atoms with Crippen LogP contribution in [0, 0.1) is 17.5 Å². The first-order valence-electron chi connectivity index (χ1n) is 13.7. The fraction of sp³-hybridized carbons (Fsp3) is 0.182. The van der Waals surface area contributed by atoms with Gasteiger partial charge in [0.25, 0.3) is 5.91 Å². The van der Waals surface area contributed by atoms with Crippen LogP contribution >= 0.6 is 0 Å². The largest absolute Gasteiger partial charge is 0.337 e. The molecule has 0 radical (unpaired) electrons. The maximum atomic E-state index is 15.1. The average molecular weight is 620 g/mol. The fourth-order valence-corrected chi connectivity index (χ4v) is 6.26. The van der Waals surface area contributed by atoms with E-state index in [9.17, 15) is 26.8 Å². The summed E-state index contributed by atoms with van der Waals surface area (Å²) in [6.45, 7) is 0.422. The van der Waals surface area contributed by atoms with Crippen LogP contribution in [-0.2, 0) is 34.1 Å². The number of carbonyl (C=O) groups excluding carboxylic acids is 2. The molecule has 5 rings (SSSR count). The van der Waals surface area contributed by atoms with Gasteiger partial charge in [0.1, 0.15) is 5.82 Å². The number of benzene rings is 3. The van der Waals surface area contributed by atoms with Gasteiger partial charge in [-0.15, -0.1) is 0 Å². The summed E-state index contributed by atoms with van der Waals surface area (Å²) in [5.74, 6) is -3.80. The topological polar surface area (TPSA) is 87.7 Å². The maximum absolute atomic E-state index is 15.1. The van der Waals surface area contributed by atoms with Crippen LogP contribution in [0.2, 0.25) is 0 Å². The second kappa shape index (κ2) is 12.8. The summed E-state index contributed by atoms with van der Waals surface area (Å²) >= 11 is 0. The number of pyridine rings is 1. The zero-order valence-corrected chi connectivity index (χ0v) is 24.5. The Labute approximate surface area is 253 Å². The molecule has 0 N–H and O–H groups in total. The maximum Gasteiger partial charge on any atom is 0.253 e. The number of hydrogen-bond acceptors (Lipinski definition) is 5. The molecule has 11 heteroatoms. The molecule has 0 saturated heterocycles. The molecule has 0 fully saturated rings. The van der Waals surface area contributed by atoms with E-state index in [1.54, 1.807) is 48.6 Å². The Morgan fingerprint density at radius 3 is 2.07 bits per heavy atom. The Balaban J connectivity index is 1.31. The molecule has 1 aliphatic rings. The lowest BCUT2D eigenvalue weighted by Gasteiger charge is -2.28. The number of rotatable bonds is 9. The van der Waals surface area contributed by atoms with Crippen molar-refractivity contribution in [2.75, 3.05) is 12.8 Å². The summed E-state index contributed by atoms with van der Waals surface area (Å²) in [7, 11) is -1.82. The second-order valence-electron chi connectivity index (χ2n) is 10.6. The lowest BCUT2D eigenvalue weighted by atomic mass is 10.0. The van der Waals surface area contributed by atoms with Gasteiger partial charge in [0.2, 0.25) is 5.91 Å². The van der Waals surface area contributed by atoms with Gasteiger partial charge in [0, 0.05) is 43.5 Å². The van der Waals surface area contributed by atoms with Gasteiger partial charge in [-0.3, -0.25) is 14.6 Å². The number of halogens is 3. The summed E-state index contributed by atoms with van der Waals surface area (Å²) in [4.78, 5) is 33.4.